The lowest BCUT2D eigenvalue weighted by molar-refractivity contribution is 0.414. The van der Waals surface area contributed by atoms with Crippen LogP contribution >= 0.6 is 0 Å². The fourth-order valence-corrected chi connectivity index (χ4v) is 3.03. The van der Waals surface area contributed by atoms with Gasteiger partial charge in [-0.15, -0.1) is 0 Å². The van der Waals surface area contributed by atoms with E-state index < -0.39 is 0 Å². The maximum absolute atomic E-state index is 9.03. The molecule has 0 aliphatic rings. The van der Waals surface area contributed by atoms with E-state index in [0.29, 0.717) is 12.1 Å². The Labute approximate surface area is 157 Å². The highest BCUT2D eigenvalue weighted by Gasteiger charge is 2.06. The van der Waals surface area contributed by atoms with Gasteiger partial charge in [-0.25, -0.2) is 0 Å². The van der Waals surface area contributed by atoms with Crippen molar-refractivity contribution < 1.29 is 4.74 Å². The lowest BCUT2D eigenvalue weighted by Crippen LogP contribution is -2.01. The first-order valence-corrected chi connectivity index (χ1v) is 8.61. The molecule has 5 nitrogen and oxygen atoms in total. The summed E-state index contributed by atoms with van der Waals surface area (Å²) in [5.74, 6) is 0.847. The van der Waals surface area contributed by atoms with E-state index in [1.165, 1.54) is 0 Å². The van der Waals surface area contributed by atoms with Crippen LogP contribution in [0, 0.1) is 11.3 Å². The Balaban J connectivity index is 1.56. The number of hydrogen-bond donors (Lipinski definition) is 1. The summed E-state index contributed by atoms with van der Waals surface area (Å²) in [7, 11) is 1.66. The molecule has 0 amide bonds. The fraction of sp³-hybridized carbons (Fsp3) is 0.0909. The van der Waals surface area contributed by atoms with Crippen molar-refractivity contribution in [1.29, 1.82) is 5.26 Å². The first-order valence-electron chi connectivity index (χ1n) is 8.61. The molecule has 1 N–H and O–H groups in total. The van der Waals surface area contributed by atoms with Gasteiger partial charge in [-0.2, -0.15) is 10.4 Å². The number of benzene rings is 3. The molecule has 0 saturated carbocycles. The van der Waals surface area contributed by atoms with Crippen LogP contribution < -0.4 is 10.1 Å². The highest BCUT2D eigenvalue weighted by atomic mass is 16.5. The number of aromatic nitrogens is 2. The van der Waals surface area contributed by atoms with Crippen molar-refractivity contribution in [3.05, 3.63) is 84.1 Å². The Kier molecular flexibility index (Phi) is 4.46. The van der Waals surface area contributed by atoms with E-state index in [0.717, 1.165) is 33.6 Å². The van der Waals surface area contributed by atoms with E-state index in [2.05, 4.69) is 28.6 Å². The lowest BCUT2D eigenvalue weighted by atomic mass is 10.2. The highest BCUT2D eigenvalue weighted by Crippen LogP contribution is 2.23. The minimum absolute atomic E-state index is 0.633. The number of nitrogens with one attached hydrogen (secondary N) is 1. The molecule has 0 aliphatic heterocycles. The van der Waals surface area contributed by atoms with E-state index in [9.17, 15) is 0 Å². The first kappa shape index (κ1) is 16.7. The number of nitriles is 1. The zero-order valence-corrected chi connectivity index (χ0v) is 14.9. The van der Waals surface area contributed by atoms with Gasteiger partial charge in [-0.1, -0.05) is 18.2 Å². The zero-order valence-electron chi connectivity index (χ0n) is 14.9. The molecule has 0 atom stereocenters. The van der Waals surface area contributed by atoms with Crippen molar-refractivity contribution >= 4 is 22.3 Å². The summed E-state index contributed by atoms with van der Waals surface area (Å²) in [4.78, 5) is 0. The minimum Gasteiger partial charge on any atom is -0.497 e. The third kappa shape index (κ3) is 3.60. The van der Waals surface area contributed by atoms with Crippen molar-refractivity contribution in [2.75, 3.05) is 12.4 Å². The molecule has 0 fully saturated rings. The van der Waals surface area contributed by atoms with Crippen molar-refractivity contribution in [3.8, 4) is 11.8 Å². The molecule has 0 bridgehead atoms. The molecule has 0 unspecified atom stereocenters. The van der Waals surface area contributed by atoms with Gasteiger partial charge in [-0.05, 0) is 54.1 Å². The van der Waals surface area contributed by atoms with Crippen LogP contribution in [-0.2, 0) is 6.54 Å². The average Bonchev–Trinajstić information content (AvgIpc) is 3.10. The molecule has 0 spiro atoms. The van der Waals surface area contributed by atoms with E-state index in [1.54, 1.807) is 13.2 Å². The number of methoxy groups -OCH3 is 1. The van der Waals surface area contributed by atoms with Gasteiger partial charge in [0, 0.05) is 16.8 Å². The molecular weight excluding hydrogens is 336 g/mol. The van der Waals surface area contributed by atoms with Gasteiger partial charge in [0.15, 0.2) is 0 Å². The van der Waals surface area contributed by atoms with Crippen LogP contribution in [0.1, 0.15) is 11.1 Å². The molecule has 4 rings (SSSR count). The van der Waals surface area contributed by atoms with E-state index in [-0.39, 0.29) is 0 Å². The molecule has 27 heavy (non-hydrogen) atoms. The predicted octanol–water partition coefficient (Wildman–Crippen LogP) is 4.71. The summed E-state index contributed by atoms with van der Waals surface area (Å²) in [6.45, 7) is 0.699. The maximum Gasteiger partial charge on any atom is 0.118 e. The second-order valence-electron chi connectivity index (χ2n) is 6.24. The number of rotatable bonds is 5. The minimum atomic E-state index is 0.633. The van der Waals surface area contributed by atoms with Crippen molar-refractivity contribution in [1.82, 2.24) is 9.78 Å². The van der Waals surface area contributed by atoms with Crippen molar-refractivity contribution in [3.63, 3.8) is 0 Å². The Morgan fingerprint density at radius 2 is 1.85 bits per heavy atom. The number of hydrogen-bond acceptors (Lipinski definition) is 4. The number of ether oxygens (including phenoxy) is 1. The van der Waals surface area contributed by atoms with E-state index >= 15 is 0 Å². The SMILES string of the molecule is COc1ccc(Cn2ncc3cc(Nc4cccc(C#N)c4)ccc32)cc1. The van der Waals surface area contributed by atoms with Crippen LogP contribution in [0.5, 0.6) is 5.75 Å². The van der Waals surface area contributed by atoms with Gasteiger partial charge in [0.25, 0.3) is 0 Å². The number of nitrogens with zero attached hydrogens (tertiary/aromatic N) is 3. The van der Waals surface area contributed by atoms with Crippen LogP contribution in [-0.4, -0.2) is 16.9 Å². The molecule has 132 valence electrons. The summed E-state index contributed by atoms with van der Waals surface area (Å²) in [5.41, 5.74) is 4.72. The molecule has 3 aromatic carbocycles. The first-order chi connectivity index (χ1) is 13.2. The van der Waals surface area contributed by atoms with Crippen LogP contribution in [0.4, 0.5) is 11.4 Å². The highest BCUT2D eigenvalue weighted by molar-refractivity contribution is 5.83. The van der Waals surface area contributed by atoms with Crippen LogP contribution in [0.15, 0.2) is 72.9 Å². The number of fused-ring (bicyclic) bond motifs is 1. The zero-order chi connectivity index (χ0) is 18.6. The van der Waals surface area contributed by atoms with Crippen LogP contribution in [0.25, 0.3) is 10.9 Å². The summed E-state index contributed by atoms with van der Waals surface area (Å²) in [5, 5.41) is 18.0. The quantitative estimate of drug-likeness (QED) is 0.564. The smallest absolute Gasteiger partial charge is 0.118 e. The Morgan fingerprint density at radius 1 is 1.04 bits per heavy atom. The largest absolute Gasteiger partial charge is 0.497 e. The molecule has 0 aliphatic carbocycles. The normalized spacial score (nSPS) is 10.5. The molecule has 1 aromatic heterocycles. The topological polar surface area (TPSA) is 62.9 Å². The Hall–Kier alpha value is -3.78. The standard InChI is InChI=1S/C22H18N4O/c1-27-21-8-5-16(6-9-21)15-26-22-10-7-20(12-18(22)14-24-26)25-19-4-2-3-17(11-19)13-23/h2-12,14,25H,15H2,1H3. The molecule has 4 aromatic rings. The summed E-state index contributed by atoms with van der Waals surface area (Å²) in [6, 6.07) is 23.7. The third-order valence-electron chi connectivity index (χ3n) is 4.41. The van der Waals surface area contributed by atoms with Gasteiger partial charge < -0.3 is 10.1 Å². The molecule has 1 heterocycles. The van der Waals surface area contributed by atoms with Gasteiger partial charge >= 0.3 is 0 Å². The molecule has 5 heteroatoms. The average molecular weight is 354 g/mol. The van der Waals surface area contributed by atoms with Gasteiger partial charge in [0.1, 0.15) is 5.75 Å². The predicted molar refractivity (Wildman–Crippen MR) is 106 cm³/mol. The van der Waals surface area contributed by atoms with E-state index in [1.807, 2.05) is 59.4 Å². The Bertz CT molecular complexity index is 1120. The van der Waals surface area contributed by atoms with Crippen molar-refractivity contribution in [2.45, 2.75) is 6.54 Å². The van der Waals surface area contributed by atoms with Gasteiger partial charge in [0.05, 0.1) is 37.0 Å². The second kappa shape index (κ2) is 7.22. The van der Waals surface area contributed by atoms with Gasteiger partial charge in [0.2, 0.25) is 0 Å². The summed E-state index contributed by atoms with van der Waals surface area (Å²) < 4.78 is 7.19. The Morgan fingerprint density at radius 3 is 2.63 bits per heavy atom. The molecule has 0 radical (unpaired) electrons. The second-order valence-corrected chi connectivity index (χ2v) is 6.24. The van der Waals surface area contributed by atoms with Crippen molar-refractivity contribution in [2.24, 2.45) is 0 Å². The molecule has 0 saturated heterocycles. The lowest BCUT2D eigenvalue weighted by Gasteiger charge is -2.08. The number of anilines is 2. The summed E-state index contributed by atoms with van der Waals surface area (Å²) >= 11 is 0. The van der Waals surface area contributed by atoms with Gasteiger partial charge in [-0.3, -0.25) is 4.68 Å². The molecular formula is C22H18N4O. The maximum atomic E-state index is 9.03. The third-order valence-corrected chi connectivity index (χ3v) is 4.41. The van der Waals surface area contributed by atoms with E-state index in [4.69, 9.17) is 10.00 Å². The summed E-state index contributed by atoms with van der Waals surface area (Å²) in [6.07, 6.45) is 1.87. The van der Waals surface area contributed by atoms with Crippen LogP contribution in [0.3, 0.4) is 0 Å². The van der Waals surface area contributed by atoms with Crippen LogP contribution in [0.2, 0.25) is 0 Å². The monoisotopic (exact) mass is 354 g/mol. The fourth-order valence-electron chi connectivity index (χ4n) is 3.03.